The summed E-state index contributed by atoms with van der Waals surface area (Å²) in [4.78, 5) is 4.43. The molecule has 1 aromatic heterocycles. The van der Waals surface area contributed by atoms with E-state index in [0.717, 1.165) is 16.1 Å². The number of rotatable bonds is 2. The Labute approximate surface area is 126 Å². The minimum atomic E-state index is -4.27. The first-order valence-electron chi connectivity index (χ1n) is 6.31. The molecule has 0 bridgehead atoms. The first kappa shape index (κ1) is 14.2. The predicted molar refractivity (Wildman–Crippen MR) is 84.3 cm³/mol. The van der Waals surface area contributed by atoms with Crippen LogP contribution in [0.4, 0.5) is 0 Å². The molecule has 3 aromatic rings. The Bertz CT molecular complexity index is 925. The van der Waals surface area contributed by atoms with E-state index in [-0.39, 0.29) is 4.90 Å². The van der Waals surface area contributed by atoms with Crippen molar-refractivity contribution in [3.8, 4) is 10.6 Å². The highest BCUT2D eigenvalue weighted by Gasteiger charge is 2.20. The second kappa shape index (κ2) is 4.91. The number of benzene rings is 2. The summed E-state index contributed by atoms with van der Waals surface area (Å²) in [6.45, 7) is 3.66. The zero-order valence-corrected chi connectivity index (χ0v) is 13.1. The molecular formula is C15H13NO3S2. The average molecular weight is 319 g/mol. The van der Waals surface area contributed by atoms with Crippen LogP contribution >= 0.6 is 11.3 Å². The average Bonchev–Trinajstić information content (AvgIpc) is 2.81. The van der Waals surface area contributed by atoms with Crippen molar-refractivity contribution in [2.75, 3.05) is 0 Å². The molecule has 0 radical (unpaired) electrons. The number of nitrogens with zero attached hydrogens (tertiary/aromatic N) is 1. The molecule has 0 fully saturated rings. The highest BCUT2D eigenvalue weighted by Crippen LogP contribution is 2.35. The van der Waals surface area contributed by atoms with Gasteiger partial charge in [-0.25, -0.2) is 4.98 Å². The van der Waals surface area contributed by atoms with Crippen LogP contribution in [-0.4, -0.2) is 18.0 Å². The Balaban J connectivity index is 2.28. The van der Waals surface area contributed by atoms with E-state index >= 15 is 0 Å². The van der Waals surface area contributed by atoms with Gasteiger partial charge in [-0.2, -0.15) is 8.42 Å². The number of hydrogen-bond donors (Lipinski definition) is 1. The number of aromatic nitrogens is 1. The fraction of sp³-hybridized carbons (Fsp3) is 0.133. The molecule has 6 heteroatoms. The van der Waals surface area contributed by atoms with Gasteiger partial charge in [0.05, 0.1) is 10.2 Å². The molecule has 0 unspecified atom stereocenters. The molecule has 3 rings (SSSR count). The number of thiazole rings is 1. The third kappa shape index (κ3) is 2.57. The van der Waals surface area contributed by atoms with Crippen LogP contribution in [0.15, 0.2) is 41.3 Å². The smallest absolute Gasteiger partial charge is 0.282 e. The van der Waals surface area contributed by atoms with E-state index in [9.17, 15) is 13.0 Å². The minimum Gasteiger partial charge on any atom is -0.282 e. The zero-order chi connectivity index (χ0) is 15.2. The lowest BCUT2D eigenvalue weighted by Gasteiger charge is -2.02. The molecule has 108 valence electrons. The van der Waals surface area contributed by atoms with Gasteiger partial charge in [-0.1, -0.05) is 35.9 Å². The quantitative estimate of drug-likeness (QED) is 0.729. The van der Waals surface area contributed by atoms with Gasteiger partial charge in [0.2, 0.25) is 0 Å². The van der Waals surface area contributed by atoms with Crippen LogP contribution in [-0.2, 0) is 10.1 Å². The molecule has 0 aliphatic heterocycles. The second-order valence-electron chi connectivity index (χ2n) is 4.92. The topological polar surface area (TPSA) is 67.3 Å². The molecule has 0 saturated heterocycles. The number of aryl methyl sites for hydroxylation is 2. The highest BCUT2D eigenvalue weighted by atomic mass is 32.2. The lowest BCUT2D eigenvalue weighted by atomic mass is 10.2. The standard InChI is InChI=1S/C15H13NO3S2/c1-9-3-6-11(7-4-9)15-16-12-8-5-10(2)14(13(12)20-15)21(17,18)19/h3-8H,1-2H3,(H,17,18,19). The van der Waals surface area contributed by atoms with Gasteiger partial charge >= 0.3 is 0 Å². The Morgan fingerprint density at radius 3 is 2.33 bits per heavy atom. The second-order valence-corrected chi connectivity index (χ2v) is 7.28. The summed E-state index contributed by atoms with van der Waals surface area (Å²) < 4.78 is 33.1. The van der Waals surface area contributed by atoms with Crippen LogP contribution in [0.25, 0.3) is 20.8 Å². The molecule has 0 spiro atoms. The van der Waals surface area contributed by atoms with Gasteiger partial charge in [0.15, 0.2) is 0 Å². The Morgan fingerprint density at radius 1 is 1.05 bits per heavy atom. The molecule has 21 heavy (non-hydrogen) atoms. The molecular weight excluding hydrogens is 306 g/mol. The summed E-state index contributed by atoms with van der Waals surface area (Å²) in [5.74, 6) is 0. The van der Waals surface area contributed by atoms with Crippen molar-refractivity contribution in [1.29, 1.82) is 0 Å². The van der Waals surface area contributed by atoms with Crippen molar-refractivity contribution in [3.05, 3.63) is 47.5 Å². The van der Waals surface area contributed by atoms with Crippen molar-refractivity contribution >= 4 is 31.7 Å². The Kier molecular flexibility index (Phi) is 3.32. The van der Waals surface area contributed by atoms with Crippen molar-refractivity contribution < 1.29 is 13.0 Å². The van der Waals surface area contributed by atoms with Gasteiger partial charge in [-0.3, -0.25) is 4.55 Å². The van der Waals surface area contributed by atoms with E-state index in [0.29, 0.717) is 15.8 Å². The largest absolute Gasteiger partial charge is 0.296 e. The lowest BCUT2D eigenvalue weighted by molar-refractivity contribution is 0.484. The van der Waals surface area contributed by atoms with E-state index in [1.165, 1.54) is 11.3 Å². The van der Waals surface area contributed by atoms with Crippen molar-refractivity contribution in [3.63, 3.8) is 0 Å². The maximum Gasteiger partial charge on any atom is 0.296 e. The normalized spacial score (nSPS) is 12.0. The van der Waals surface area contributed by atoms with E-state index < -0.39 is 10.1 Å². The van der Waals surface area contributed by atoms with E-state index in [4.69, 9.17) is 0 Å². The molecule has 0 aliphatic carbocycles. The van der Waals surface area contributed by atoms with Crippen LogP contribution in [0, 0.1) is 13.8 Å². The summed E-state index contributed by atoms with van der Waals surface area (Å²) in [6.07, 6.45) is 0. The van der Waals surface area contributed by atoms with Crippen LogP contribution < -0.4 is 0 Å². The van der Waals surface area contributed by atoms with Crippen LogP contribution in [0.1, 0.15) is 11.1 Å². The first-order chi connectivity index (χ1) is 9.86. The maximum atomic E-state index is 11.6. The Morgan fingerprint density at radius 2 is 1.71 bits per heavy atom. The minimum absolute atomic E-state index is 0.0455. The zero-order valence-electron chi connectivity index (χ0n) is 11.5. The highest BCUT2D eigenvalue weighted by molar-refractivity contribution is 7.86. The van der Waals surface area contributed by atoms with Crippen molar-refractivity contribution in [1.82, 2.24) is 4.98 Å². The molecule has 0 atom stereocenters. The molecule has 0 saturated carbocycles. The fourth-order valence-electron chi connectivity index (χ4n) is 2.21. The van der Waals surface area contributed by atoms with Crippen LogP contribution in [0.3, 0.4) is 0 Å². The third-order valence-corrected chi connectivity index (χ3v) is 5.57. The molecule has 4 nitrogen and oxygen atoms in total. The molecule has 0 aliphatic rings. The van der Waals surface area contributed by atoms with Gasteiger partial charge in [0.1, 0.15) is 9.90 Å². The van der Waals surface area contributed by atoms with Crippen molar-refractivity contribution in [2.45, 2.75) is 18.7 Å². The SMILES string of the molecule is Cc1ccc(-c2nc3ccc(C)c(S(=O)(=O)O)c3s2)cc1. The molecule has 1 N–H and O–H groups in total. The summed E-state index contributed by atoms with van der Waals surface area (Å²) in [7, 11) is -4.27. The summed E-state index contributed by atoms with van der Waals surface area (Å²) in [5, 5.41) is 0.737. The summed E-state index contributed by atoms with van der Waals surface area (Å²) >= 11 is 1.27. The van der Waals surface area contributed by atoms with E-state index in [1.54, 1.807) is 19.1 Å². The van der Waals surface area contributed by atoms with Crippen LogP contribution in [0.5, 0.6) is 0 Å². The maximum absolute atomic E-state index is 11.6. The van der Waals surface area contributed by atoms with Crippen LogP contribution in [0.2, 0.25) is 0 Å². The Hall–Kier alpha value is -1.76. The van der Waals surface area contributed by atoms with E-state index in [1.807, 2.05) is 31.2 Å². The summed E-state index contributed by atoms with van der Waals surface area (Å²) in [5.41, 5.74) is 3.17. The summed E-state index contributed by atoms with van der Waals surface area (Å²) in [6, 6.07) is 11.3. The number of hydrogen-bond acceptors (Lipinski definition) is 4. The van der Waals surface area contributed by atoms with Gasteiger partial charge in [0, 0.05) is 5.56 Å². The molecule has 2 aromatic carbocycles. The predicted octanol–water partition coefficient (Wildman–Crippen LogP) is 3.83. The monoisotopic (exact) mass is 319 g/mol. The lowest BCUT2D eigenvalue weighted by Crippen LogP contribution is -2.00. The fourth-order valence-corrected chi connectivity index (χ4v) is 4.52. The molecule has 0 amide bonds. The molecule has 1 heterocycles. The first-order valence-corrected chi connectivity index (χ1v) is 8.56. The van der Waals surface area contributed by atoms with E-state index in [2.05, 4.69) is 4.98 Å². The third-order valence-electron chi connectivity index (χ3n) is 3.27. The van der Waals surface area contributed by atoms with Crippen molar-refractivity contribution in [2.24, 2.45) is 0 Å². The van der Waals surface area contributed by atoms with Gasteiger partial charge < -0.3 is 0 Å². The number of fused-ring (bicyclic) bond motifs is 1. The van der Waals surface area contributed by atoms with Gasteiger partial charge in [-0.05, 0) is 25.5 Å². The van der Waals surface area contributed by atoms with Gasteiger partial charge in [-0.15, -0.1) is 11.3 Å². The van der Waals surface area contributed by atoms with Gasteiger partial charge in [0.25, 0.3) is 10.1 Å².